The smallest absolute Gasteiger partial charge is 0.0506 e. The van der Waals surface area contributed by atoms with Crippen molar-refractivity contribution in [1.82, 2.24) is 10.2 Å². The number of hydrogen-bond donors (Lipinski definition) is 1. The Hall–Kier alpha value is -0.120. The average molecular weight is 254 g/mol. The number of nitrogens with zero attached hydrogens (tertiary/aromatic N) is 1. The lowest BCUT2D eigenvalue weighted by molar-refractivity contribution is 0.0294. The Kier molecular flexibility index (Phi) is 5.93. The van der Waals surface area contributed by atoms with Crippen molar-refractivity contribution in [1.29, 1.82) is 0 Å². The highest BCUT2D eigenvalue weighted by Crippen LogP contribution is 2.19. The summed E-state index contributed by atoms with van der Waals surface area (Å²) >= 11 is 0. The summed E-state index contributed by atoms with van der Waals surface area (Å²) in [6.45, 7) is 11.5. The molecule has 0 radical (unpaired) electrons. The van der Waals surface area contributed by atoms with Crippen molar-refractivity contribution in [3.05, 3.63) is 0 Å². The molecule has 2 heterocycles. The first-order chi connectivity index (χ1) is 8.75. The van der Waals surface area contributed by atoms with Crippen LogP contribution in [0.15, 0.2) is 0 Å². The Labute approximate surface area is 112 Å². The van der Waals surface area contributed by atoms with Crippen LogP contribution in [0.5, 0.6) is 0 Å². The van der Waals surface area contributed by atoms with Gasteiger partial charge in [-0.3, -0.25) is 0 Å². The van der Waals surface area contributed by atoms with Gasteiger partial charge in [-0.15, -0.1) is 0 Å². The summed E-state index contributed by atoms with van der Waals surface area (Å²) in [5, 5.41) is 3.53. The van der Waals surface area contributed by atoms with E-state index in [-0.39, 0.29) is 0 Å². The van der Waals surface area contributed by atoms with Crippen molar-refractivity contribution in [2.75, 3.05) is 39.4 Å². The summed E-state index contributed by atoms with van der Waals surface area (Å²) in [6.07, 6.45) is 5.36. The quantitative estimate of drug-likeness (QED) is 0.813. The number of nitrogens with one attached hydrogen (secondary N) is 1. The third-order valence-electron chi connectivity index (χ3n) is 4.37. The van der Waals surface area contributed by atoms with Crippen LogP contribution in [0.3, 0.4) is 0 Å². The van der Waals surface area contributed by atoms with Crippen molar-refractivity contribution < 1.29 is 4.74 Å². The molecule has 18 heavy (non-hydrogen) atoms. The Bertz CT molecular complexity index is 201. The predicted octanol–water partition coefficient (Wildman–Crippen LogP) is 2.12. The number of ether oxygens (including phenoxy) is 1. The van der Waals surface area contributed by atoms with E-state index in [1.54, 1.807) is 0 Å². The molecule has 0 spiro atoms. The topological polar surface area (TPSA) is 24.5 Å². The molecule has 0 amide bonds. The fourth-order valence-electron chi connectivity index (χ4n) is 3.19. The molecule has 2 rings (SSSR count). The molecule has 106 valence electrons. The van der Waals surface area contributed by atoms with Gasteiger partial charge < -0.3 is 15.0 Å². The van der Waals surface area contributed by atoms with Crippen molar-refractivity contribution in [2.24, 2.45) is 11.8 Å². The van der Waals surface area contributed by atoms with Gasteiger partial charge >= 0.3 is 0 Å². The first-order valence-electron chi connectivity index (χ1n) is 7.78. The molecule has 2 saturated heterocycles. The maximum absolute atomic E-state index is 5.61. The highest BCUT2D eigenvalue weighted by atomic mass is 16.5. The van der Waals surface area contributed by atoms with Crippen LogP contribution in [-0.2, 0) is 4.74 Å². The van der Waals surface area contributed by atoms with Gasteiger partial charge in [0, 0.05) is 25.7 Å². The minimum Gasteiger partial charge on any atom is -0.381 e. The minimum atomic E-state index is 0.661. The summed E-state index contributed by atoms with van der Waals surface area (Å²) < 4.78 is 5.61. The fourth-order valence-corrected chi connectivity index (χ4v) is 3.19. The van der Waals surface area contributed by atoms with E-state index in [9.17, 15) is 0 Å². The van der Waals surface area contributed by atoms with E-state index in [0.717, 1.165) is 25.0 Å². The SMILES string of the molecule is CC(C)N(CC1CCCNC1)CC1CCCOC1. The van der Waals surface area contributed by atoms with Crippen LogP contribution in [0.4, 0.5) is 0 Å². The van der Waals surface area contributed by atoms with E-state index in [0.29, 0.717) is 6.04 Å². The van der Waals surface area contributed by atoms with Crippen molar-refractivity contribution >= 4 is 0 Å². The molecule has 0 aromatic heterocycles. The zero-order valence-electron chi connectivity index (χ0n) is 12.2. The van der Waals surface area contributed by atoms with Gasteiger partial charge in [0.25, 0.3) is 0 Å². The molecule has 2 atom stereocenters. The predicted molar refractivity (Wildman–Crippen MR) is 75.8 cm³/mol. The number of rotatable bonds is 5. The summed E-state index contributed by atoms with van der Waals surface area (Å²) in [7, 11) is 0. The lowest BCUT2D eigenvalue weighted by Crippen LogP contribution is -2.44. The molecule has 2 aliphatic heterocycles. The number of hydrogen-bond acceptors (Lipinski definition) is 3. The second-order valence-electron chi connectivity index (χ2n) is 6.34. The van der Waals surface area contributed by atoms with Crippen LogP contribution < -0.4 is 5.32 Å². The fraction of sp³-hybridized carbons (Fsp3) is 1.00. The first-order valence-corrected chi connectivity index (χ1v) is 7.78. The second kappa shape index (κ2) is 7.46. The molecule has 2 fully saturated rings. The van der Waals surface area contributed by atoms with Gasteiger partial charge in [0.2, 0.25) is 0 Å². The number of piperidine rings is 1. The van der Waals surface area contributed by atoms with E-state index in [1.807, 2.05) is 0 Å². The molecule has 3 heteroatoms. The highest BCUT2D eigenvalue weighted by molar-refractivity contribution is 4.77. The van der Waals surface area contributed by atoms with Crippen LogP contribution >= 0.6 is 0 Å². The van der Waals surface area contributed by atoms with Crippen molar-refractivity contribution in [3.8, 4) is 0 Å². The van der Waals surface area contributed by atoms with Gasteiger partial charge in [-0.05, 0) is 64.5 Å². The minimum absolute atomic E-state index is 0.661. The summed E-state index contributed by atoms with van der Waals surface area (Å²) in [5.41, 5.74) is 0. The summed E-state index contributed by atoms with van der Waals surface area (Å²) in [6, 6.07) is 0.661. The Balaban J connectivity index is 1.78. The Morgan fingerprint density at radius 1 is 1.17 bits per heavy atom. The van der Waals surface area contributed by atoms with Crippen LogP contribution in [0.1, 0.15) is 39.5 Å². The third-order valence-corrected chi connectivity index (χ3v) is 4.37. The average Bonchev–Trinajstić information content (AvgIpc) is 2.40. The van der Waals surface area contributed by atoms with Crippen LogP contribution in [0.2, 0.25) is 0 Å². The molecular weight excluding hydrogens is 224 g/mol. The Morgan fingerprint density at radius 3 is 2.56 bits per heavy atom. The maximum atomic E-state index is 5.61. The molecule has 2 aliphatic rings. The van der Waals surface area contributed by atoms with Gasteiger partial charge in [0.15, 0.2) is 0 Å². The second-order valence-corrected chi connectivity index (χ2v) is 6.34. The molecule has 0 aromatic carbocycles. The first kappa shape index (κ1) is 14.3. The molecule has 0 bridgehead atoms. The molecule has 1 N–H and O–H groups in total. The lowest BCUT2D eigenvalue weighted by Gasteiger charge is -2.36. The molecule has 0 aromatic rings. The largest absolute Gasteiger partial charge is 0.381 e. The normalized spacial score (nSPS) is 30.0. The van der Waals surface area contributed by atoms with E-state index in [2.05, 4.69) is 24.1 Å². The van der Waals surface area contributed by atoms with Gasteiger partial charge in [0.1, 0.15) is 0 Å². The molecule has 3 nitrogen and oxygen atoms in total. The van der Waals surface area contributed by atoms with Crippen LogP contribution in [-0.4, -0.2) is 50.3 Å². The van der Waals surface area contributed by atoms with Gasteiger partial charge in [-0.1, -0.05) is 0 Å². The van der Waals surface area contributed by atoms with Gasteiger partial charge in [0.05, 0.1) is 6.61 Å². The van der Waals surface area contributed by atoms with E-state index in [1.165, 1.54) is 51.9 Å². The summed E-state index contributed by atoms with van der Waals surface area (Å²) in [4.78, 5) is 2.68. The molecular formula is C15H30N2O. The van der Waals surface area contributed by atoms with E-state index in [4.69, 9.17) is 4.74 Å². The monoisotopic (exact) mass is 254 g/mol. The third kappa shape index (κ3) is 4.52. The van der Waals surface area contributed by atoms with Gasteiger partial charge in [-0.2, -0.15) is 0 Å². The zero-order valence-corrected chi connectivity index (χ0v) is 12.2. The van der Waals surface area contributed by atoms with E-state index >= 15 is 0 Å². The lowest BCUT2D eigenvalue weighted by atomic mass is 9.96. The summed E-state index contributed by atoms with van der Waals surface area (Å²) in [5.74, 6) is 1.61. The maximum Gasteiger partial charge on any atom is 0.0506 e. The standard InChI is InChI=1S/C15H30N2O/c1-13(2)17(10-14-5-3-7-16-9-14)11-15-6-4-8-18-12-15/h13-16H,3-12H2,1-2H3. The highest BCUT2D eigenvalue weighted by Gasteiger charge is 2.23. The molecule has 2 unspecified atom stereocenters. The van der Waals surface area contributed by atoms with Crippen LogP contribution in [0, 0.1) is 11.8 Å². The van der Waals surface area contributed by atoms with Crippen molar-refractivity contribution in [2.45, 2.75) is 45.6 Å². The van der Waals surface area contributed by atoms with Crippen molar-refractivity contribution in [3.63, 3.8) is 0 Å². The van der Waals surface area contributed by atoms with Crippen LogP contribution in [0.25, 0.3) is 0 Å². The Morgan fingerprint density at radius 2 is 1.94 bits per heavy atom. The zero-order chi connectivity index (χ0) is 12.8. The van der Waals surface area contributed by atoms with E-state index < -0.39 is 0 Å². The molecule has 0 aliphatic carbocycles. The molecule has 0 saturated carbocycles. The van der Waals surface area contributed by atoms with Gasteiger partial charge in [-0.25, -0.2) is 0 Å².